The molecule has 2 aliphatic heterocycles. The number of nitrogens with zero attached hydrogens (tertiary/aromatic N) is 4. The second-order valence-corrected chi connectivity index (χ2v) is 10.2. The molecule has 0 aliphatic carbocycles. The second kappa shape index (κ2) is 9.87. The number of halogens is 3. The Morgan fingerprint density at radius 2 is 1.66 bits per heavy atom. The van der Waals surface area contributed by atoms with Crippen molar-refractivity contribution in [2.24, 2.45) is 0 Å². The van der Waals surface area contributed by atoms with Crippen molar-refractivity contribution in [1.29, 1.82) is 0 Å². The van der Waals surface area contributed by atoms with E-state index < -0.39 is 18.0 Å². The fraction of sp³-hybridized carbons (Fsp3) is 0.188. The van der Waals surface area contributed by atoms with Crippen molar-refractivity contribution < 1.29 is 23.0 Å². The summed E-state index contributed by atoms with van der Waals surface area (Å²) in [5.41, 5.74) is 4.21. The highest BCUT2D eigenvalue weighted by molar-refractivity contribution is 6.01. The van der Waals surface area contributed by atoms with E-state index >= 15 is 0 Å². The average Bonchev–Trinajstić information content (AvgIpc) is 3.00. The van der Waals surface area contributed by atoms with Gasteiger partial charge in [0.1, 0.15) is 0 Å². The molecule has 1 atom stereocenters. The van der Waals surface area contributed by atoms with Crippen LogP contribution < -0.4 is 9.80 Å². The van der Waals surface area contributed by atoms with E-state index in [0.29, 0.717) is 48.5 Å². The van der Waals surface area contributed by atoms with Gasteiger partial charge in [-0.15, -0.1) is 0 Å². The molecule has 41 heavy (non-hydrogen) atoms. The van der Waals surface area contributed by atoms with Crippen LogP contribution in [0.15, 0.2) is 85.2 Å². The smallest absolute Gasteiger partial charge is 0.378 e. The van der Waals surface area contributed by atoms with E-state index in [1.807, 2.05) is 42.5 Å². The molecule has 9 heteroatoms. The van der Waals surface area contributed by atoms with E-state index in [9.17, 15) is 18.3 Å². The van der Waals surface area contributed by atoms with Crippen LogP contribution in [-0.4, -0.2) is 47.6 Å². The summed E-state index contributed by atoms with van der Waals surface area (Å²) in [5, 5.41) is 12.9. The van der Waals surface area contributed by atoms with Gasteiger partial charge in [0.15, 0.2) is 6.23 Å². The van der Waals surface area contributed by atoms with Gasteiger partial charge in [0.25, 0.3) is 0 Å². The number of hydrogen-bond donors (Lipinski definition) is 1. The minimum Gasteiger partial charge on any atom is -0.378 e. The number of para-hydroxylation sites is 1. The Morgan fingerprint density at radius 3 is 2.49 bits per heavy atom. The molecule has 7 rings (SSSR count). The first-order chi connectivity index (χ1) is 19.9. The molecule has 0 unspecified atom stereocenters. The first kappa shape index (κ1) is 25.5. The van der Waals surface area contributed by atoms with Crippen LogP contribution in [0.25, 0.3) is 39.0 Å². The number of pyridine rings is 2. The number of anilines is 3. The molecule has 0 radical (unpaired) electrons. The number of hydrogen-bond acceptors (Lipinski definition) is 6. The molecule has 0 saturated carbocycles. The summed E-state index contributed by atoms with van der Waals surface area (Å²) >= 11 is 0. The zero-order chi connectivity index (χ0) is 28.1. The van der Waals surface area contributed by atoms with Gasteiger partial charge in [-0.1, -0.05) is 30.3 Å². The Kier molecular flexibility index (Phi) is 6.13. The first-order valence-corrected chi connectivity index (χ1v) is 13.3. The second-order valence-electron chi connectivity index (χ2n) is 10.2. The SMILES string of the molecule is O[C@H]1C=Cc2cnc3ccc(-c4cnc5ccccc5c4)cc3c2N1c1ccc(N2CCOCC2)c(C(F)(F)F)c1. The summed E-state index contributed by atoms with van der Waals surface area (Å²) in [6, 6.07) is 19.9. The summed E-state index contributed by atoms with van der Waals surface area (Å²) in [7, 11) is 0. The zero-order valence-electron chi connectivity index (χ0n) is 21.8. The minimum atomic E-state index is -4.58. The lowest BCUT2D eigenvalue weighted by Crippen LogP contribution is -2.37. The number of aromatic nitrogens is 2. The van der Waals surface area contributed by atoms with E-state index in [-0.39, 0.29) is 11.4 Å². The summed E-state index contributed by atoms with van der Waals surface area (Å²) in [6.07, 6.45) is 1.03. The molecule has 5 aromatic rings. The molecular formula is C32H25F3N4O2. The maximum Gasteiger partial charge on any atom is 0.418 e. The predicted molar refractivity (Wildman–Crippen MR) is 154 cm³/mol. The highest BCUT2D eigenvalue weighted by atomic mass is 19.4. The molecule has 3 aromatic carbocycles. The van der Waals surface area contributed by atoms with Gasteiger partial charge in [-0.3, -0.25) is 9.97 Å². The summed E-state index contributed by atoms with van der Waals surface area (Å²) in [5.74, 6) is 0. The van der Waals surface area contributed by atoms with E-state index in [2.05, 4.69) is 16.0 Å². The molecule has 2 aromatic heterocycles. The van der Waals surface area contributed by atoms with Crippen LogP contribution in [0, 0.1) is 0 Å². The Hall–Kier alpha value is -4.47. The molecule has 0 amide bonds. The minimum absolute atomic E-state index is 0.109. The van der Waals surface area contributed by atoms with Crippen molar-refractivity contribution in [2.75, 3.05) is 36.1 Å². The van der Waals surface area contributed by atoms with Gasteiger partial charge in [-0.05, 0) is 54.1 Å². The topological polar surface area (TPSA) is 61.7 Å². The molecule has 1 N–H and O–H groups in total. The normalized spacial score (nSPS) is 17.3. The number of aliphatic hydroxyl groups excluding tert-OH is 1. The summed E-state index contributed by atoms with van der Waals surface area (Å²) < 4.78 is 48.5. The number of ether oxygens (including phenoxy) is 1. The molecule has 2 aliphatic rings. The molecule has 6 nitrogen and oxygen atoms in total. The number of alkyl halides is 3. The molecule has 1 saturated heterocycles. The fourth-order valence-corrected chi connectivity index (χ4v) is 5.66. The maximum absolute atomic E-state index is 14.4. The number of morpholine rings is 1. The number of benzene rings is 3. The third-order valence-electron chi connectivity index (χ3n) is 7.66. The third kappa shape index (κ3) is 4.57. The standard InChI is InChI=1S/C32H25F3N4O2/c33-32(34,35)26-17-24(7-9-29(26)38-11-13-41-14-12-38)39-30(40)10-6-22-18-37-28-8-5-20(16-25(28)31(22)39)23-15-21-3-1-2-4-27(21)36-19-23/h1-10,15-19,30,40H,11-14H2/t30-/m0/s1. The number of rotatable bonds is 3. The fourth-order valence-electron chi connectivity index (χ4n) is 5.66. The van der Waals surface area contributed by atoms with Gasteiger partial charge in [0.2, 0.25) is 0 Å². The van der Waals surface area contributed by atoms with Crippen LogP contribution >= 0.6 is 0 Å². The van der Waals surface area contributed by atoms with Crippen molar-refractivity contribution in [2.45, 2.75) is 12.4 Å². The van der Waals surface area contributed by atoms with Crippen LogP contribution in [0.3, 0.4) is 0 Å². The van der Waals surface area contributed by atoms with Gasteiger partial charge in [0.05, 0.1) is 35.5 Å². The lowest BCUT2D eigenvalue weighted by Gasteiger charge is -2.35. The van der Waals surface area contributed by atoms with Crippen molar-refractivity contribution in [3.05, 3.63) is 96.3 Å². The van der Waals surface area contributed by atoms with Crippen LogP contribution in [0.4, 0.5) is 30.2 Å². The van der Waals surface area contributed by atoms with Crippen molar-refractivity contribution in [3.8, 4) is 11.1 Å². The largest absolute Gasteiger partial charge is 0.418 e. The summed E-state index contributed by atoms with van der Waals surface area (Å²) in [6.45, 7) is 1.50. The lowest BCUT2D eigenvalue weighted by molar-refractivity contribution is -0.137. The average molecular weight is 555 g/mol. The maximum atomic E-state index is 14.4. The highest BCUT2D eigenvalue weighted by Gasteiger charge is 2.37. The predicted octanol–water partition coefficient (Wildman–Crippen LogP) is 6.79. The highest BCUT2D eigenvalue weighted by Crippen LogP contribution is 2.44. The third-order valence-corrected chi connectivity index (χ3v) is 7.66. The monoisotopic (exact) mass is 554 g/mol. The van der Waals surface area contributed by atoms with Crippen molar-refractivity contribution in [1.82, 2.24) is 9.97 Å². The van der Waals surface area contributed by atoms with Crippen LogP contribution in [0.5, 0.6) is 0 Å². The van der Waals surface area contributed by atoms with Gasteiger partial charge >= 0.3 is 6.18 Å². The van der Waals surface area contributed by atoms with E-state index in [4.69, 9.17) is 4.74 Å². The van der Waals surface area contributed by atoms with E-state index in [1.165, 1.54) is 6.07 Å². The van der Waals surface area contributed by atoms with E-state index in [0.717, 1.165) is 28.1 Å². The van der Waals surface area contributed by atoms with Crippen LogP contribution in [0.2, 0.25) is 0 Å². The Morgan fingerprint density at radius 1 is 0.854 bits per heavy atom. The van der Waals surface area contributed by atoms with Crippen LogP contribution in [-0.2, 0) is 10.9 Å². The summed E-state index contributed by atoms with van der Waals surface area (Å²) in [4.78, 5) is 12.4. The lowest BCUT2D eigenvalue weighted by atomic mass is 9.98. The molecule has 206 valence electrons. The number of fused-ring (bicyclic) bond motifs is 4. The zero-order valence-corrected chi connectivity index (χ0v) is 21.8. The molecule has 1 fully saturated rings. The van der Waals surface area contributed by atoms with Gasteiger partial charge in [-0.25, -0.2) is 0 Å². The Balaban J connectivity index is 1.38. The molecular weight excluding hydrogens is 529 g/mol. The van der Waals surface area contributed by atoms with E-state index in [1.54, 1.807) is 40.4 Å². The van der Waals surface area contributed by atoms with Crippen molar-refractivity contribution >= 4 is 44.9 Å². The quantitative estimate of drug-likeness (QED) is 0.265. The van der Waals surface area contributed by atoms with Gasteiger partial charge in [0, 0.05) is 58.8 Å². The number of aliphatic hydroxyl groups is 1. The van der Waals surface area contributed by atoms with Crippen molar-refractivity contribution in [3.63, 3.8) is 0 Å². The Labute approximate surface area is 233 Å². The first-order valence-electron chi connectivity index (χ1n) is 13.3. The van der Waals surface area contributed by atoms with Gasteiger partial charge in [-0.2, -0.15) is 13.2 Å². The molecule has 0 spiro atoms. The molecule has 4 heterocycles. The molecule has 0 bridgehead atoms. The Bertz CT molecular complexity index is 1820. The van der Waals surface area contributed by atoms with Crippen LogP contribution in [0.1, 0.15) is 11.1 Å². The van der Waals surface area contributed by atoms with Gasteiger partial charge < -0.3 is 19.6 Å².